The van der Waals surface area contributed by atoms with Gasteiger partial charge in [0, 0.05) is 30.5 Å². The van der Waals surface area contributed by atoms with Gasteiger partial charge >= 0.3 is 0 Å². The molecule has 0 bridgehead atoms. The molecule has 2 aliphatic heterocycles. The van der Waals surface area contributed by atoms with Gasteiger partial charge in [-0.3, -0.25) is 9.69 Å². The fraction of sp³-hybridized carbons (Fsp3) is 0.650. The Morgan fingerprint density at radius 1 is 1.08 bits per heavy atom. The molecule has 0 saturated carbocycles. The highest BCUT2D eigenvalue weighted by Crippen LogP contribution is 2.31. The molecular weight excluding hydrogens is 364 g/mol. The number of hydrogen-bond acceptors (Lipinski definition) is 2. The molecule has 0 N–H and O–H groups in total. The van der Waals surface area contributed by atoms with Crippen LogP contribution in [-0.4, -0.2) is 41.4 Å². The van der Waals surface area contributed by atoms with Crippen molar-refractivity contribution in [3.05, 3.63) is 34.3 Å². The largest absolute Gasteiger partial charge is 0.340 e. The molecule has 4 heteroatoms. The lowest BCUT2D eigenvalue weighted by atomic mass is 9.86. The standard InChI is InChI=1S/C20H29BrN2O/c1-16(24)23-12-6-2-3-9-20(23)17-10-13-22(14-11-17)15-18-7-4-5-8-19(18)21/h4-5,7-8,17,20H,2-3,6,9-15H2,1H3/t20-/m0/s1. The Hall–Kier alpha value is -0.870. The van der Waals surface area contributed by atoms with Crippen molar-refractivity contribution in [2.45, 2.75) is 58.0 Å². The van der Waals surface area contributed by atoms with Crippen molar-refractivity contribution in [2.75, 3.05) is 19.6 Å². The van der Waals surface area contributed by atoms with Gasteiger partial charge in [-0.2, -0.15) is 0 Å². The lowest BCUT2D eigenvalue weighted by molar-refractivity contribution is -0.132. The zero-order valence-electron chi connectivity index (χ0n) is 14.7. The predicted molar refractivity (Wildman–Crippen MR) is 102 cm³/mol. The molecule has 1 atom stereocenters. The summed E-state index contributed by atoms with van der Waals surface area (Å²) in [4.78, 5) is 16.8. The van der Waals surface area contributed by atoms with E-state index >= 15 is 0 Å². The maximum Gasteiger partial charge on any atom is 0.219 e. The van der Waals surface area contributed by atoms with Crippen LogP contribution in [0.2, 0.25) is 0 Å². The van der Waals surface area contributed by atoms with E-state index < -0.39 is 0 Å². The Bertz CT molecular complexity index is 554. The van der Waals surface area contributed by atoms with Crippen LogP contribution in [0.25, 0.3) is 0 Å². The highest BCUT2D eigenvalue weighted by atomic mass is 79.9. The molecule has 0 radical (unpaired) electrons. The van der Waals surface area contributed by atoms with Gasteiger partial charge in [-0.15, -0.1) is 0 Å². The average Bonchev–Trinajstić information content (AvgIpc) is 2.84. The lowest BCUT2D eigenvalue weighted by Gasteiger charge is -2.40. The van der Waals surface area contributed by atoms with Gasteiger partial charge in [0.2, 0.25) is 5.91 Å². The van der Waals surface area contributed by atoms with Crippen LogP contribution in [0.1, 0.15) is 51.0 Å². The summed E-state index contributed by atoms with van der Waals surface area (Å²) < 4.78 is 1.21. The molecule has 1 aromatic carbocycles. The van der Waals surface area contributed by atoms with Crippen molar-refractivity contribution in [3.63, 3.8) is 0 Å². The van der Waals surface area contributed by atoms with Crippen LogP contribution in [0.3, 0.4) is 0 Å². The van der Waals surface area contributed by atoms with Gasteiger partial charge < -0.3 is 4.90 Å². The maximum absolute atomic E-state index is 12.1. The second kappa shape index (κ2) is 8.48. The first-order chi connectivity index (χ1) is 11.6. The molecule has 1 aromatic rings. The Kier molecular flexibility index (Phi) is 6.34. The van der Waals surface area contributed by atoms with Crippen LogP contribution >= 0.6 is 15.9 Å². The maximum atomic E-state index is 12.1. The van der Waals surface area contributed by atoms with Crippen LogP contribution in [0, 0.1) is 5.92 Å². The third kappa shape index (κ3) is 4.40. The second-order valence-corrected chi connectivity index (χ2v) is 8.19. The number of hydrogen-bond donors (Lipinski definition) is 0. The van der Waals surface area contributed by atoms with Crippen LogP contribution in [0.15, 0.2) is 28.7 Å². The molecular formula is C20H29BrN2O. The van der Waals surface area contributed by atoms with Gasteiger partial charge in [0.25, 0.3) is 0 Å². The van der Waals surface area contributed by atoms with Crippen molar-refractivity contribution >= 4 is 21.8 Å². The zero-order chi connectivity index (χ0) is 16.9. The molecule has 0 spiro atoms. The van der Waals surface area contributed by atoms with Crippen molar-refractivity contribution in [3.8, 4) is 0 Å². The first-order valence-corrected chi connectivity index (χ1v) is 10.2. The minimum atomic E-state index is 0.276. The normalized spacial score (nSPS) is 23.9. The van der Waals surface area contributed by atoms with E-state index in [1.807, 2.05) is 0 Å². The number of carbonyl (C=O) groups excluding carboxylic acids is 1. The van der Waals surface area contributed by atoms with Gasteiger partial charge in [0.05, 0.1) is 0 Å². The minimum Gasteiger partial charge on any atom is -0.340 e. The summed E-state index contributed by atoms with van der Waals surface area (Å²) >= 11 is 3.66. The summed E-state index contributed by atoms with van der Waals surface area (Å²) in [5.41, 5.74) is 1.37. The van der Waals surface area contributed by atoms with Gasteiger partial charge in [-0.25, -0.2) is 0 Å². The number of likely N-dealkylation sites (tertiary alicyclic amines) is 2. The number of rotatable bonds is 3. The molecule has 2 fully saturated rings. The van der Waals surface area contributed by atoms with E-state index in [9.17, 15) is 4.79 Å². The smallest absolute Gasteiger partial charge is 0.219 e. The molecule has 0 unspecified atom stereocenters. The van der Waals surface area contributed by atoms with E-state index in [0.29, 0.717) is 12.0 Å². The van der Waals surface area contributed by atoms with Crippen LogP contribution in [0.4, 0.5) is 0 Å². The summed E-state index contributed by atoms with van der Waals surface area (Å²) in [6, 6.07) is 9.00. The number of carbonyl (C=O) groups is 1. The molecule has 0 aromatic heterocycles. The van der Waals surface area contributed by atoms with Crippen LogP contribution in [0.5, 0.6) is 0 Å². The predicted octanol–water partition coefficient (Wildman–Crippen LogP) is 4.45. The van der Waals surface area contributed by atoms with Crippen molar-refractivity contribution in [1.82, 2.24) is 9.80 Å². The van der Waals surface area contributed by atoms with Gasteiger partial charge in [-0.05, 0) is 56.3 Å². The molecule has 2 heterocycles. The Morgan fingerprint density at radius 3 is 2.54 bits per heavy atom. The van der Waals surface area contributed by atoms with Gasteiger partial charge in [0.15, 0.2) is 0 Å². The summed E-state index contributed by atoms with van der Waals surface area (Å²) in [6.07, 6.45) is 7.38. The van der Waals surface area contributed by atoms with Gasteiger partial charge in [0.1, 0.15) is 0 Å². The van der Waals surface area contributed by atoms with E-state index in [4.69, 9.17) is 0 Å². The highest BCUT2D eigenvalue weighted by molar-refractivity contribution is 9.10. The van der Waals surface area contributed by atoms with Gasteiger partial charge in [-0.1, -0.05) is 47.0 Å². The quantitative estimate of drug-likeness (QED) is 0.758. The molecule has 1 amide bonds. The Balaban J connectivity index is 1.57. The van der Waals surface area contributed by atoms with Crippen molar-refractivity contribution < 1.29 is 4.79 Å². The van der Waals surface area contributed by atoms with E-state index in [1.54, 1.807) is 6.92 Å². The third-order valence-corrected chi connectivity index (χ3v) is 6.51. The first-order valence-electron chi connectivity index (χ1n) is 9.38. The number of piperidine rings is 1. The minimum absolute atomic E-state index is 0.276. The fourth-order valence-electron chi connectivity index (χ4n) is 4.38. The lowest BCUT2D eigenvalue weighted by Crippen LogP contribution is -2.47. The number of halogens is 1. The molecule has 0 aliphatic carbocycles. The van der Waals surface area contributed by atoms with E-state index in [-0.39, 0.29) is 5.91 Å². The molecule has 3 nitrogen and oxygen atoms in total. The average molecular weight is 393 g/mol. The number of nitrogens with zero attached hydrogens (tertiary/aromatic N) is 2. The topological polar surface area (TPSA) is 23.6 Å². The van der Waals surface area contributed by atoms with Crippen molar-refractivity contribution in [1.29, 1.82) is 0 Å². The molecule has 132 valence electrons. The highest BCUT2D eigenvalue weighted by Gasteiger charge is 2.32. The summed E-state index contributed by atoms with van der Waals surface area (Å²) in [7, 11) is 0. The summed E-state index contributed by atoms with van der Waals surface area (Å²) in [5.74, 6) is 0.958. The SMILES string of the molecule is CC(=O)N1CCCCC[C@H]1C1CCN(Cc2ccccc2Br)CC1. The molecule has 3 rings (SSSR count). The number of amides is 1. The fourth-order valence-corrected chi connectivity index (χ4v) is 4.79. The Morgan fingerprint density at radius 2 is 1.83 bits per heavy atom. The monoisotopic (exact) mass is 392 g/mol. The summed E-state index contributed by atoms with van der Waals surface area (Å²) in [5, 5.41) is 0. The Labute approximate surface area is 154 Å². The van der Waals surface area contributed by atoms with Crippen LogP contribution < -0.4 is 0 Å². The van der Waals surface area contributed by atoms with E-state index in [2.05, 4.69) is 50.0 Å². The van der Waals surface area contributed by atoms with Crippen LogP contribution in [-0.2, 0) is 11.3 Å². The zero-order valence-corrected chi connectivity index (χ0v) is 16.3. The summed E-state index contributed by atoms with van der Waals surface area (Å²) in [6.45, 7) is 6.04. The molecule has 24 heavy (non-hydrogen) atoms. The van der Waals surface area contributed by atoms with E-state index in [0.717, 1.165) is 26.2 Å². The molecule has 2 aliphatic rings. The third-order valence-electron chi connectivity index (χ3n) is 5.73. The number of benzene rings is 1. The molecule has 2 saturated heterocycles. The van der Waals surface area contributed by atoms with Crippen molar-refractivity contribution in [2.24, 2.45) is 5.92 Å². The first kappa shape index (κ1) is 17.9. The second-order valence-electron chi connectivity index (χ2n) is 7.33. The van der Waals surface area contributed by atoms with E-state index in [1.165, 1.54) is 48.6 Å².